The number of benzene rings is 4. The summed E-state index contributed by atoms with van der Waals surface area (Å²) in [5.41, 5.74) is 2.31. The number of nitrogens with one attached hydrogen (secondary N) is 1. The molecule has 0 amide bonds. The van der Waals surface area contributed by atoms with Gasteiger partial charge in [-0.05, 0) is 35.4 Å². The highest BCUT2D eigenvalue weighted by Crippen LogP contribution is 2.33. The lowest BCUT2D eigenvalue weighted by Gasteiger charge is -2.20. The van der Waals surface area contributed by atoms with Crippen LogP contribution in [0.3, 0.4) is 0 Å². The molecule has 1 N–H and O–H groups in total. The molecule has 33 heavy (non-hydrogen) atoms. The first-order valence-corrected chi connectivity index (χ1v) is 11.6. The molecule has 0 radical (unpaired) electrons. The zero-order chi connectivity index (χ0) is 23.0. The third-order valence-electron chi connectivity index (χ3n) is 5.49. The average Bonchev–Trinajstić information content (AvgIpc) is 3.21. The molecule has 0 spiro atoms. The monoisotopic (exact) mass is 458 g/mol. The van der Waals surface area contributed by atoms with E-state index in [1.165, 1.54) is 24.3 Å². The molecule has 8 heteroatoms. The smallest absolute Gasteiger partial charge is 0.273 e. The zero-order valence-electron chi connectivity index (χ0n) is 17.2. The summed E-state index contributed by atoms with van der Waals surface area (Å²) in [6.07, 6.45) is 0. The lowest BCUT2D eigenvalue weighted by molar-refractivity contribution is -0.384. The first kappa shape index (κ1) is 20.9. The Labute approximate surface area is 189 Å². The summed E-state index contributed by atoms with van der Waals surface area (Å²) < 4.78 is 35.3. The highest BCUT2D eigenvalue weighted by molar-refractivity contribution is 7.89. The minimum atomic E-state index is -3.92. The predicted octanol–water partition coefficient (Wildman–Crippen LogP) is 5.56. The second-order valence-corrected chi connectivity index (χ2v) is 9.29. The Bertz CT molecular complexity index is 1540. The number of nitrogens with zero attached hydrogens (tertiary/aromatic N) is 1. The molecule has 0 fully saturated rings. The molecule has 0 unspecified atom stereocenters. The topological polar surface area (TPSA) is 102 Å². The number of nitro groups is 1. The fourth-order valence-electron chi connectivity index (χ4n) is 3.87. The van der Waals surface area contributed by atoms with Crippen LogP contribution in [0.2, 0.25) is 0 Å². The van der Waals surface area contributed by atoms with E-state index in [-0.39, 0.29) is 10.6 Å². The van der Waals surface area contributed by atoms with Crippen LogP contribution in [-0.2, 0) is 10.0 Å². The van der Waals surface area contributed by atoms with E-state index in [9.17, 15) is 18.5 Å². The SMILES string of the molecule is O=[N+]([O-])c1ccc2c(c1)oc1ccc(S(=O)(=O)NC(c3ccccc3)c3ccccc3)cc12. The third-order valence-corrected chi connectivity index (χ3v) is 6.91. The molecule has 1 aromatic heterocycles. The van der Waals surface area contributed by atoms with Gasteiger partial charge in [-0.3, -0.25) is 10.1 Å². The van der Waals surface area contributed by atoms with E-state index in [2.05, 4.69) is 4.72 Å². The molecule has 0 bridgehead atoms. The molecule has 0 atom stereocenters. The van der Waals surface area contributed by atoms with Gasteiger partial charge in [-0.25, -0.2) is 8.42 Å². The van der Waals surface area contributed by atoms with Crippen molar-refractivity contribution in [2.75, 3.05) is 0 Å². The van der Waals surface area contributed by atoms with Crippen molar-refractivity contribution in [3.8, 4) is 0 Å². The molecule has 0 aliphatic rings. The van der Waals surface area contributed by atoms with Crippen LogP contribution in [0.15, 0.2) is 106 Å². The molecule has 0 aliphatic heterocycles. The van der Waals surface area contributed by atoms with E-state index in [1.807, 2.05) is 60.7 Å². The van der Waals surface area contributed by atoms with Crippen LogP contribution in [-0.4, -0.2) is 13.3 Å². The van der Waals surface area contributed by atoms with Crippen molar-refractivity contribution < 1.29 is 17.8 Å². The Morgan fingerprint density at radius 2 is 1.39 bits per heavy atom. The predicted molar refractivity (Wildman–Crippen MR) is 125 cm³/mol. The number of nitro benzene ring substituents is 1. The van der Waals surface area contributed by atoms with Crippen molar-refractivity contribution in [3.63, 3.8) is 0 Å². The van der Waals surface area contributed by atoms with Crippen LogP contribution in [0.25, 0.3) is 21.9 Å². The first-order valence-electron chi connectivity index (χ1n) is 10.2. The molecule has 5 rings (SSSR count). The largest absolute Gasteiger partial charge is 0.456 e. The zero-order valence-corrected chi connectivity index (χ0v) is 18.0. The molecular weight excluding hydrogens is 440 g/mol. The van der Waals surface area contributed by atoms with Gasteiger partial charge in [0.15, 0.2) is 0 Å². The third kappa shape index (κ3) is 3.97. The van der Waals surface area contributed by atoms with Crippen LogP contribution < -0.4 is 4.72 Å². The van der Waals surface area contributed by atoms with Crippen molar-refractivity contribution >= 4 is 37.6 Å². The minimum absolute atomic E-state index is 0.0768. The number of hydrogen-bond donors (Lipinski definition) is 1. The Balaban J connectivity index is 1.57. The highest BCUT2D eigenvalue weighted by atomic mass is 32.2. The van der Waals surface area contributed by atoms with Gasteiger partial charge in [0.25, 0.3) is 5.69 Å². The number of non-ortho nitro benzene ring substituents is 1. The maximum atomic E-state index is 13.4. The van der Waals surface area contributed by atoms with E-state index in [0.29, 0.717) is 21.9 Å². The maximum Gasteiger partial charge on any atom is 0.273 e. The Morgan fingerprint density at radius 3 is 2.00 bits per heavy atom. The number of fused-ring (bicyclic) bond motifs is 3. The summed E-state index contributed by atoms with van der Waals surface area (Å²) in [6, 6.07) is 27.0. The van der Waals surface area contributed by atoms with E-state index >= 15 is 0 Å². The summed E-state index contributed by atoms with van der Waals surface area (Å²) in [5, 5.41) is 12.2. The van der Waals surface area contributed by atoms with E-state index in [0.717, 1.165) is 11.1 Å². The number of furan rings is 1. The average molecular weight is 458 g/mol. The Hall–Kier alpha value is -4.01. The molecule has 0 saturated heterocycles. The van der Waals surface area contributed by atoms with Gasteiger partial charge < -0.3 is 4.42 Å². The second-order valence-electron chi connectivity index (χ2n) is 7.57. The Kier molecular flexibility index (Phi) is 5.16. The van der Waals surface area contributed by atoms with Gasteiger partial charge in [0.2, 0.25) is 10.0 Å². The van der Waals surface area contributed by atoms with Crippen LogP contribution >= 0.6 is 0 Å². The lowest BCUT2D eigenvalue weighted by atomic mass is 10.00. The van der Waals surface area contributed by atoms with E-state index in [4.69, 9.17) is 4.42 Å². The molecule has 1 heterocycles. The van der Waals surface area contributed by atoms with Crippen molar-refractivity contribution in [2.45, 2.75) is 10.9 Å². The summed E-state index contributed by atoms with van der Waals surface area (Å²) in [5.74, 6) is 0. The molecule has 5 aromatic rings. The van der Waals surface area contributed by atoms with Crippen molar-refractivity contribution in [3.05, 3.63) is 118 Å². The molecule has 0 saturated carbocycles. The molecule has 164 valence electrons. The number of hydrogen-bond acceptors (Lipinski definition) is 5. The summed E-state index contributed by atoms with van der Waals surface area (Å²) in [7, 11) is -3.92. The van der Waals surface area contributed by atoms with E-state index < -0.39 is 21.0 Å². The first-order chi connectivity index (χ1) is 15.9. The van der Waals surface area contributed by atoms with Gasteiger partial charge in [0.1, 0.15) is 11.2 Å². The minimum Gasteiger partial charge on any atom is -0.456 e. The van der Waals surface area contributed by atoms with Crippen LogP contribution in [0.5, 0.6) is 0 Å². The van der Waals surface area contributed by atoms with Gasteiger partial charge in [0.05, 0.1) is 21.9 Å². The molecule has 0 aliphatic carbocycles. The fourth-order valence-corrected chi connectivity index (χ4v) is 5.11. The molecule has 7 nitrogen and oxygen atoms in total. The Morgan fingerprint density at radius 1 is 0.758 bits per heavy atom. The van der Waals surface area contributed by atoms with Crippen molar-refractivity contribution in [1.82, 2.24) is 4.72 Å². The summed E-state index contributed by atoms with van der Waals surface area (Å²) in [6.45, 7) is 0. The summed E-state index contributed by atoms with van der Waals surface area (Å²) in [4.78, 5) is 10.6. The van der Waals surface area contributed by atoms with Crippen LogP contribution in [0.1, 0.15) is 17.2 Å². The lowest BCUT2D eigenvalue weighted by Crippen LogP contribution is -2.29. The van der Waals surface area contributed by atoms with Gasteiger partial charge in [-0.15, -0.1) is 0 Å². The van der Waals surface area contributed by atoms with Gasteiger partial charge in [-0.1, -0.05) is 60.7 Å². The van der Waals surface area contributed by atoms with E-state index in [1.54, 1.807) is 12.1 Å². The fraction of sp³-hybridized carbons (Fsp3) is 0.0400. The second kappa shape index (κ2) is 8.16. The van der Waals surface area contributed by atoms with Gasteiger partial charge in [-0.2, -0.15) is 4.72 Å². The molecular formula is C25H18N2O5S. The van der Waals surface area contributed by atoms with Crippen molar-refractivity contribution in [1.29, 1.82) is 0 Å². The molecule has 4 aromatic carbocycles. The summed E-state index contributed by atoms with van der Waals surface area (Å²) >= 11 is 0. The number of sulfonamides is 1. The standard InChI is InChI=1S/C25H18N2O5S/c28-27(29)19-11-13-21-22-16-20(12-14-23(22)32-24(21)15-19)33(30,31)26-25(17-7-3-1-4-8-17)18-9-5-2-6-10-18/h1-16,25-26H. The van der Waals surface area contributed by atoms with Crippen molar-refractivity contribution in [2.24, 2.45) is 0 Å². The maximum absolute atomic E-state index is 13.4. The van der Waals surface area contributed by atoms with Gasteiger partial charge >= 0.3 is 0 Å². The van der Waals surface area contributed by atoms with Gasteiger partial charge in [0, 0.05) is 16.8 Å². The quantitative estimate of drug-likeness (QED) is 0.265. The van der Waals surface area contributed by atoms with Crippen LogP contribution in [0, 0.1) is 10.1 Å². The van der Waals surface area contributed by atoms with Crippen LogP contribution in [0.4, 0.5) is 5.69 Å². The normalized spacial score (nSPS) is 11.9. The highest BCUT2D eigenvalue weighted by Gasteiger charge is 2.24. The number of rotatable bonds is 6.